The molecule has 3 saturated heterocycles. The number of hydrogen-bond acceptors (Lipinski definition) is 5. The maximum Gasteiger partial charge on any atom is 0.246 e. The van der Waals surface area contributed by atoms with Gasteiger partial charge in [-0.25, -0.2) is 4.39 Å². The molecule has 0 N–H and O–H groups in total. The summed E-state index contributed by atoms with van der Waals surface area (Å²) in [6.07, 6.45) is 1.65. The van der Waals surface area contributed by atoms with Crippen molar-refractivity contribution in [1.82, 2.24) is 14.7 Å². The Morgan fingerprint density at radius 3 is 2.26 bits per heavy atom. The molecule has 0 aromatic heterocycles. The molecule has 0 radical (unpaired) electrons. The number of carbonyl (C=O) groups excluding carboxylic acids is 2. The summed E-state index contributed by atoms with van der Waals surface area (Å²) < 4.78 is 24.9. The summed E-state index contributed by atoms with van der Waals surface area (Å²) in [6.45, 7) is 5.24. The van der Waals surface area contributed by atoms with Crippen LogP contribution in [0.4, 0.5) is 4.39 Å². The maximum absolute atomic E-state index is 14.5. The summed E-state index contributed by atoms with van der Waals surface area (Å²) in [5.41, 5.74) is 1.84. The Labute approximate surface area is 224 Å². The summed E-state index contributed by atoms with van der Waals surface area (Å²) in [5, 5.41) is 0. The molecule has 5 atom stereocenters. The Morgan fingerprint density at radius 2 is 1.61 bits per heavy atom. The van der Waals surface area contributed by atoms with Gasteiger partial charge in [-0.1, -0.05) is 19.1 Å². The lowest BCUT2D eigenvalue weighted by Crippen LogP contribution is -2.65. The van der Waals surface area contributed by atoms with Gasteiger partial charge in [0, 0.05) is 38.2 Å². The zero-order valence-corrected chi connectivity index (χ0v) is 22.7. The summed E-state index contributed by atoms with van der Waals surface area (Å²) in [5.74, 6) is 0.979. The zero-order chi connectivity index (χ0) is 27.0. The first kappa shape index (κ1) is 26.5. The predicted molar refractivity (Wildman–Crippen MR) is 142 cm³/mol. The van der Waals surface area contributed by atoms with Crippen molar-refractivity contribution in [1.29, 1.82) is 0 Å². The van der Waals surface area contributed by atoms with E-state index in [1.807, 2.05) is 35.0 Å². The Kier molecular flexibility index (Phi) is 7.61. The van der Waals surface area contributed by atoms with Crippen molar-refractivity contribution in [2.45, 2.75) is 38.3 Å². The molecule has 2 aromatic carbocycles. The van der Waals surface area contributed by atoms with Crippen LogP contribution in [0.2, 0.25) is 0 Å². The molecule has 5 rings (SSSR count). The van der Waals surface area contributed by atoms with Crippen LogP contribution in [0.25, 0.3) is 0 Å². The van der Waals surface area contributed by atoms with Gasteiger partial charge >= 0.3 is 0 Å². The van der Waals surface area contributed by atoms with Gasteiger partial charge in [-0.05, 0) is 73.7 Å². The van der Waals surface area contributed by atoms with Crippen LogP contribution < -0.4 is 9.47 Å². The van der Waals surface area contributed by atoms with Gasteiger partial charge in [0.15, 0.2) is 0 Å². The van der Waals surface area contributed by atoms with Gasteiger partial charge in [0.25, 0.3) is 0 Å². The summed E-state index contributed by atoms with van der Waals surface area (Å²) in [4.78, 5) is 34.4. The third kappa shape index (κ3) is 5.10. The number of rotatable bonds is 5. The van der Waals surface area contributed by atoms with E-state index in [0.29, 0.717) is 37.7 Å². The molecule has 38 heavy (non-hydrogen) atoms. The minimum Gasteiger partial charge on any atom is -0.497 e. The van der Waals surface area contributed by atoms with Crippen molar-refractivity contribution in [3.05, 3.63) is 59.4 Å². The molecule has 7 nitrogen and oxygen atoms in total. The molecule has 0 aliphatic carbocycles. The Hall–Kier alpha value is -3.13. The molecule has 2 amide bonds. The highest BCUT2D eigenvalue weighted by atomic mass is 19.1. The van der Waals surface area contributed by atoms with Gasteiger partial charge in [0.1, 0.15) is 23.4 Å². The predicted octanol–water partition coefficient (Wildman–Crippen LogP) is 3.77. The summed E-state index contributed by atoms with van der Waals surface area (Å²) in [6, 6.07) is 11.6. The Morgan fingerprint density at radius 1 is 0.921 bits per heavy atom. The van der Waals surface area contributed by atoms with E-state index in [2.05, 4.69) is 11.8 Å². The quantitative estimate of drug-likeness (QED) is 0.597. The van der Waals surface area contributed by atoms with Crippen LogP contribution in [0.15, 0.2) is 42.5 Å². The molecule has 0 saturated carbocycles. The highest BCUT2D eigenvalue weighted by Gasteiger charge is 2.54. The lowest BCUT2D eigenvalue weighted by molar-refractivity contribution is -0.162. The number of benzene rings is 2. The van der Waals surface area contributed by atoms with Crippen molar-refractivity contribution in [3.8, 4) is 11.5 Å². The molecule has 3 heterocycles. The monoisotopic (exact) mass is 523 g/mol. The normalized spacial score (nSPS) is 28.3. The molecule has 3 aliphatic rings. The second-order valence-corrected chi connectivity index (χ2v) is 11.2. The van der Waals surface area contributed by atoms with E-state index in [1.54, 1.807) is 26.4 Å². The molecule has 3 fully saturated rings. The number of piperidine rings is 2. The molecule has 0 bridgehead atoms. The number of ether oxygens (including phenoxy) is 2. The largest absolute Gasteiger partial charge is 0.497 e. The Balaban J connectivity index is 1.56. The van der Waals surface area contributed by atoms with Gasteiger partial charge in [-0.15, -0.1) is 0 Å². The number of amides is 2. The van der Waals surface area contributed by atoms with Gasteiger partial charge in [0.05, 0.1) is 20.1 Å². The SMILES string of the molecule is COc1cc(CN2C[C@H](C)CCN3C(=O)C4CN(C)CCC4C(c4ccc(F)cc4)C3C2=O)cc(OC)c1. The van der Waals surface area contributed by atoms with E-state index in [0.717, 1.165) is 30.5 Å². The first-order chi connectivity index (χ1) is 18.3. The average Bonchev–Trinajstić information content (AvgIpc) is 2.91. The van der Waals surface area contributed by atoms with E-state index in [-0.39, 0.29) is 41.3 Å². The number of likely N-dealkylation sites (tertiary alicyclic amines) is 1. The van der Waals surface area contributed by atoms with Gasteiger partial charge in [0.2, 0.25) is 11.8 Å². The van der Waals surface area contributed by atoms with E-state index < -0.39 is 6.04 Å². The highest BCUT2D eigenvalue weighted by Crippen LogP contribution is 2.46. The number of carbonyl (C=O) groups is 2. The third-order valence-corrected chi connectivity index (χ3v) is 8.61. The number of halogens is 1. The highest BCUT2D eigenvalue weighted by molar-refractivity contribution is 5.91. The summed E-state index contributed by atoms with van der Waals surface area (Å²) >= 11 is 0. The maximum atomic E-state index is 14.5. The van der Waals surface area contributed by atoms with Crippen LogP contribution in [0.1, 0.15) is 36.8 Å². The standard InChI is InChI=1S/C30H38FN3O4/c1-19-9-12-34-28(30(36)33(16-19)17-20-13-23(37-3)15-24(14-20)38-4)27(21-5-7-22(31)8-6-21)25-10-11-32(2)18-26(25)29(34)35/h5-8,13-15,19,25-28H,9-12,16-18H2,1-4H3/t19-,25?,26?,27?,28?/m1/s1. The van der Waals surface area contributed by atoms with Crippen molar-refractivity contribution < 1.29 is 23.5 Å². The lowest BCUT2D eigenvalue weighted by atomic mass is 9.66. The first-order valence-electron chi connectivity index (χ1n) is 13.5. The minimum absolute atomic E-state index is 0.0324. The average molecular weight is 524 g/mol. The van der Waals surface area contributed by atoms with Gasteiger partial charge in [-0.2, -0.15) is 0 Å². The van der Waals surface area contributed by atoms with Crippen molar-refractivity contribution in [3.63, 3.8) is 0 Å². The smallest absolute Gasteiger partial charge is 0.246 e. The van der Waals surface area contributed by atoms with Gasteiger partial charge in [-0.3, -0.25) is 9.59 Å². The molecule has 4 unspecified atom stereocenters. The van der Waals surface area contributed by atoms with Crippen molar-refractivity contribution in [2.24, 2.45) is 17.8 Å². The van der Waals surface area contributed by atoms with Crippen LogP contribution in [-0.4, -0.2) is 80.0 Å². The van der Waals surface area contributed by atoms with E-state index >= 15 is 0 Å². The fourth-order valence-corrected chi connectivity index (χ4v) is 6.68. The Bertz CT molecular complexity index is 1150. The van der Waals surface area contributed by atoms with Crippen molar-refractivity contribution >= 4 is 11.8 Å². The number of hydrogen-bond donors (Lipinski definition) is 0. The molecular formula is C30H38FN3O4. The van der Waals surface area contributed by atoms with E-state index in [9.17, 15) is 14.0 Å². The van der Waals surface area contributed by atoms with E-state index in [4.69, 9.17) is 9.47 Å². The van der Waals surface area contributed by atoms with E-state index in [1.165, 1.54) is 12.1 Å². The van der Waals surface area contributed by atoms with Crippen LogP contribution in [-0.2, 0) is 16.1 Å². The fraction of sp³-hybridized carbons (Fsp3) is 0.533. The van der Waals surface area contributed by atoms with Gasteiger partial charge < -0.3 is 24.2 Å². The fourth-order valence-electron chi connectivity index (χ4n) is 6.68. The minimum atomic E-state index is -0.613. The molecule has 8 heteroatoms. The second kappa shape index (κ2) is 10.9. The first-order valence-corrected chi connectivity index (χ1v) is 13.5. The molecule has 2 aromatic rings. The van der Waals surface area contributed by atoms with Crippen LogP contribution >= 0.6 is 0 Å². The molecule has 0 spiro atoms. The number of fused-ring (bicyclic) bond motifs is 2. The molecular weight excluding hydrogens is 485 g/mol. The molecule has 204 valence electrons. The zero-order valence-electron chi connectivity index (χ0n) is 22.7. The summed E-state index contributed by atoms with van der Waals surface area (Å²) in [7, 11) is 5.27. The third-order valence-electron chi connectivity index (χ3n) is 8.61. The van der Waals surface area contributed by atoms with Crippen LogP contribution in [0, 0.1) is 23.6 Å². The molecule has 3 aliphatic heterocycles. The number of methoxy groups -OCH3 is 2. The van der Waals surface area contributed by atoms with Crippen LogP contribution in [0.3, 0.4) is 0 Å². The lowest BCUT2D eigenvalue weighted by Gasteiger charge is -2.53. The van der Waals surface area contributed by atoms with Crippen LogP contribution in [0.5, 0.6) is 11.5 Å². The second-order valence-electron chi connectivity index (χ2n) is 11.2. The number of nitrogens with zero attached hydrogens (tertiary/aromatic N) is 3. The topological polar surface area (TPSA) is 62.3 Å². The van der Waals surface area contributed by atoms with Crippen molar-refractivity contribution in [2.75, 3.05) is 47.4 Å².